The Kier molecular flexibility index (Phi) is 3.05. The van der Waals surface area contributed by atoms with Gasteiger partial charge in [-0.2, -0.15) is 0 Å². The van der Waals surface area contributed by atoms with Crippen molar-refractivity contribution in [2.24, 2.45) is 0 Å². The van der Waals surface area contributed by atoms with Crippen LogP contribution in [-0.2, 0) is 0 Å². The Morgan fingerprint density at radius 3 is 2.57 bits per heavy atom. The number of nitrogens with two attached hydrogens (primary N) is 1. The number of rotatable bonds is 2. The molecular weight excluding hydrogens is 291 g/mol. The van der Waals surface area contributed by atoms with Crippen molar-refractivity contribution in [1.29, 1.82) is 0 Å². The molecule has 2 aromatic heterocycles. The van der Waals surface area contributed by atoms with Crippen LogP contribution in [0.25, 0.3) is 28.2 Å². The van der Waals surface area contributed by atoms with Gasteiger partial charge >= 0.3 is 0 Å². The molecule has 4 aromatic rings. The number of hydrogen-bond acceptors (Lipinski definition) is 3. The second-order valence-electron chi connectivity index (χ2n) is 5.28. The first-order valence-corrected chi connectivity index (χ1v) is 7.16. The van der Waals surface area contributed by atoms with E-state index in [0.717, 1.165) is 22.5 Å². The molecule has 0 unspecified atom stereocenters. The van der Waals surface area contributed by atoms with E-state index in [2.05, 4.69) is 9.97 Å². The van der Waals surface area contributed by atoms with Crippen LogP contribution in [0.5, 0.6) is 0 Å². The first-order valence-electron chi connectivity index (χ1n) is 7.16. The molecule has 2 N–H and O–H groups in total. The third-order valence-corrected chi connectivity index (χ3v) is 3.70. The zero-order chi connectivity index (χ0) is 15.8. The molecule has 0 aliphatic carbocycles. The van der Waals surface area contributed by atoms with Crippen LogP contribution in [0.4, 0.5) is 10.1 Å². The van der Waals surface area contributed by atoms with Gasteiger partial charge in [-0.15, -0.1) is 0 Å². The molecule has 2 heterocycles. The largest absolute Gasteiger partial charge is 0.399 e. The highest BCUT2D eigenvalue weighted by atomic mass is 19.1. The number of imidazole rings is 1. The summed E-state index contributed by atoms with van der Waals surface area (Å²) in [6.07, 6.45) is 5.30. The van der Waals surface area contributed by atoms with Crippen LogP contribution in [0.1, 0.15) is 0 Å². The van der Waals surface area contributed by atoms with E-state index in [4.69, 9.17) is 5.73 Å². The van der Waals surface area contributed by atoms with Crippen molar-refractivity contribution < 1.29 is 4.39 Å². The topological polar surface area (TPSA) is 56.2 Å². The van der Waals surface area contributed by atoms with Crippen molar-refractivity contribution in [2.45, 2.75) is 0 Å². The van der Waals surface area contributed by atoms with Crippen LogP contribution in [0.3, 0.4) is 0 Å². The molecule has 5 heteroatoms. The summed E-state index contributed by atoms with van der Waals surface area (Å²) in [4.78, 5) is 8.76. The molecule has 0 bridgehead atoms. The molecule has 4 nitrogen and oxygen atoms in total. The van der Waals surface area contributed by atoms with Gasteiger partial charge in [-0.1, -0.05) is 24.3 Å². The molecule has 0 aliphatic heterocycles. The molecule has 0 radical (unpaired) electrons. The quantitative estimate of drug-likeness (QED) is 0.573. The van der Waals surface area contributed by atoms with Crippen LogP contribution >= 0.6 is 0 Å². The van der Waals surface area contributed by atoms with Crippen molar-refractivity contribution in [2.75, 3.05) is 5.73 Å². The normalized spacial score (nSPS) is 11.0. The number of hydrogen-bond donors (Lipinski definition) is 1. The fourth-order valence-corrected chi connectivity index (χ4v) is 2.60. The molecule has 0 saturated carbocycles. The zero-order valence-corrected chi connectivity index (χ0v) is 12.1. The lowest BCUT2D eigenvalue weighted by atomic mass is 10.1. The number of nitrogen functional groups attached to an aromatic ring is 1. The molecule has 2 aromatic carbocycles. The van der Waals surface area contributed by atoms with E-state index in [1.165, 1.54) is 12.1 Å². The van der Waals surface area contributed by atoms with E-state index in [1.807, 2.05) is 40.9 Å². The summed E-state index contributed by atoms with van der Waals surface area (Å²) >= 11 is 0. The van der Waals surface area contributed by atoms with Crippen LogP contribution in [0.2, 0.25) is 0 Å². The summed E-state index contributed by atoms with van der Waals surface area (Å²) in [6, 6.07) is 14.0. The lowest BCUT2D eigenvalue weighted by Gasteiger charge is -2.06. The molecule has 0 fully saturated rings. The molecule has 4 rings (SSSR count). The summed E-state index contributed by atoms with van der Waals surface area (Å²) in [5.41, 5.74) is 10.5. The van der Waals surface area contributed by atoms with Gasteiger partial charge in [0, 0.05) is 23.0 Å². The number of fused-ring (bicyclic) bond motifs is 1. The predicted molar refractivity (Wildman–Crippen MR) is 88.2 cm³/mol. The van der Waals surface area contributed by atoms with Crippen molar-refractivity contribution in [3.8, 4) is 22.5 Å². The maximum atomic E-state index is 13.5. The van der Waals surface area contributed by atoms with Crippen molar-refractivity contribution in [1.82, 2.24) is 14.4 Å². The summed E-state index contributed by atoms with van der Waals surface area (Å²) in [5.74, 6) is -0.275. The van der Waals surface area contributed by atoms with Gasteiger partial charge in [-0.3, -0.25) is 9.38 Å². The maximum absolute atomic E-state index is 13.5. The molecule has 0 saturated heterocycles. The molecule has 0 atom stereocenters. The Balaban J connectivity index is 1.90. The Morgan fingerprint density at radius 2 is 1.74 bits per heavy atom. The minimum atomic E-state index is -0.275. The van der Waals surface area contributed by atoms with Gasteiger partial charge in [0.2, 0.25) is 0 Å². The van der Waals surface area contributed by atoms with Crippen LogP contribution in [-0.4, -0.2) is 14.4 Å². The van der Waals surface area contributed by atoms with E-state index >= 15 is 0 Å². The zero-order valence-electron chi connectivity index (χ0n) is 12.1. The van der Waals surface area contributed by atoms with Gasteiger partial charge < -0.3 is 5.73 Å². The highest BCUT2D eigenvalue weighted by Crippen LogP contribution is 2.24. The monoisotopic (exact) mass is 304 g/mol. The first kappa shape index (κ1) is 13.5. The molecule has 23 heavy (non-hydrogen) atoms. The number of nitrogens with zero attached hydrogens (tertiary/aromatic N) is 3. The van der Waals surface area contributed by atoms with Gasteiger partial charge in [0.15, 0.2) is 5.65 Å². The standard InChI is InChI=1S/C18H13FN4/c19-14-5-1-4-13(7-14)17-9-22-18-10-21-16(11-23(17)18)12-3-2-6-15(20)8-12/h1-11H,20H2. The second kappa shape index (κ2) is 5.21. The molecule has 112 valence electrons. The third kappa shape index (κ3) is 2.42. The van der Waals surface area contributed by atoms with E-state index in [9.17, 15) is 4.39 Å². The fourth-order valence-electron chi connectivity index (χ4n) is 2.60. The number of anilines is 1. The van der Waals surface area contributed by atoms with Crippen molar-refractivity contribution in [3.63, 3.8) is 0 Å². The Hall–Kier alpha value is -3.21. The van der Waals surface area contributed by atoms with E-state index < -0.39 is 0 Å². The summed E-state index contributed by atoms with van der Waals surface area (Å²) in [7, 11) is 0. The van der Waals surface area contributed by atoms with Gasteiger partial charge in [-0.05, 0) is 24.3 Å². The maximum Gasteiger partial charge on any atom is 0.155 e. The molecule has 0 aliphatic rings. The number of halogens is 1. The predicted octanol–water partition coefficient (Wildman–Crippen LogP) is 3.78. The fraction of sp³-hybridized carbons (Fsp3) is 0. The van der Waals surface area contributed by atoms with Gasteiger partial charge in [0.1, 0.15) is 5.82 Å². The van der Waals surface area contributed by atoms with Gasteiger partial charge in [-0.25, -0.2) is 9.37 Å². The Morgan fingerprint density at radius 1 is 0.913 bits per heavy atom. The average molecular weight is 304 g/mol. The molecule has 0 amide bonds. The van der Waals surface area contributed by atoms with Crippen molar-refractivity contribution in [3.05, 3.63) is 72.9 Å². The van der Waals surface area contributed by atoms with Gasteiger partial charge in [0.05, 0.1) is 23.8 Å². The summed E-state index contributed by atoms with van der Waals surface area (Å²) < 4.78 is 15.4. The lowest BCUT2D eigenvalue weighted by molar-refractivity contribution is 0.628. The van der Waals surface area contributed by atoms with E-state index in [-0.39, 0.29) is 5.82 Å². The van der Waals surface area contributed by atoms with Gasteiger partial charge in [0.25, 0.3) is 0 Å². The lowest BCUT2D eigenvalue weighted by Crippen LogP contribution is -1.94. The smallest absolute Gasteiger partial charge is 0.155 e. The van der Waals surface area contributed by atoms with E-state index in [0.29, 0.717) is 11.3 Å². The van der Waals surface area contributed by atoms with Crippen LogP contribution in [0, 0.1) is 5.82 Å². The SMILES string of the molecule is Nc1cccc(-c2cn3c(-c4cccc(F)c4)cnc3cn2)c1. The first-order chi connectivity index (χ1) is 11.2. The molecule has 0 spiro atoms. The third-order valence-electron chi connectivity index (χ3n) is 3.70. The highest BCUT2D eigenvalue weighted by Gasteiger charge is 2.09. The summed E-state index contributed by atoms with van der Waals surface area (Å²) in [6.45, 7) is 0. The second-order valence-corrected chi connectivity index (χ2v) is 5.28. The minimum Gasteiger partial charge on any atom is -0.399 e. The van der Waals surface area contributed by atoms with Crippen molar-refractivity contribution >= 4 is 11.3 Å². The highest BCUT2D eigenvalue weighted by molar-refractivity contribution is 5.68. The Labute approximate surface area is 132 Å². The van der Waals surface area contributed by atoms with Crippen LogP contribution < -0.4 is 5.73 Å². The van der Waals surface area contributed by atoms with Crippen LogP contribution in [0.15, 0.2) is 67.1 Å². The number of benzene rings is 2. The molecular formula is C18H13FN4. The number of aromatic nitrogens is 3. The average Bonchev–Trinajstić information content (AvgIpc) is 2.98. The minimum absolute atomic E-state index is 0.275. The summed E-state index contributed by atoms with van der Waals surface area (Å²) in [5, 5.41) is 0. The Bertz CT molecular complexity index is 1010. The van der Waals surface area contributed by atoms with E-state index in [1.54, 1.807) is 18.5 Å².